The van der Waals surface area contributed by atoms with Gasteiger partial charge >= 0.3 is 6.18 Å². The molecule has 9 heteroatoms. The number of nitrogens with zero attached hydrogens (tertiary/aromatic N) is 3. The van der Waals surface area contributed by atoms with E-state index in [1.165, 1.54) is 23.4 Å². The molecule has 2 heterocycles. The molecule has 1 aliphatic carbocycles. The Morgan fingerprint density at radius 3 is 2.62 bits per heavy atom. The van der Waals surface area contributed by atoms with Crippen LogP contribution in [-0.4, -0.2) is 72.8 Å². The Kier molecular flexibility index (Phi) is 6.61. The van der Waals surface area contributed by atoms with Gasteiger partial charge in [-0.15, -0.1) is 0 Å². The van der Waals surface area contributed by atoms with E-state index < -0.39 is 24.2 Å². The van der Waals surface area contributed by atoms with Crippen molar-refractivity contribution in [2.45, 2.75) is 50.0 Å². The molecule has 1 N–H and O–H groups in total. The molecule has 34 heavy (non-hydrogen) atoms. The van der Waals surface area contributed by atoms with Crippen LogP contribution in [0.2, 0.25) is 0 Å². The highest BCUT2D eigenvalue weighted by Gasteiger charge is 2.47. The molecule has 0 bridgehead atoms. The predicted molar refractivity (Wildman–Crippen MR) is 124 cm³/mol. The van der Waals surface area contributed by atoms with Gasteiger partial charge in [0, 0.05) is 31.6 Å². The lowest BCUT2D eigenvalue weighted by Gasteiger charge is -2.35. The number of hydrogen-bond acceptors (Lipinski definition) is 5. The number of rotatable bonds is 5. The summed E-state index contributed by atoms with van der Waals surface area (Å²) in [5.74, 6) is -0.705. The molecule has 2 aliphatic rings. The highest BCUT2D eigenvalue weighted by atomic mass is 19.4. The predicted octanol–water partition coefficient (Wildman–Crippen LogP) is 3.79. The number of carbonyl (C=O) groups is 1. The highest BCUT2D eigenvalue weighted by Crippen LogP contribution is 2.40. The molecule has 1 amide bonds. The van der Waals surface area contributed by atoms with Crippen LogP contribution in [0.5, 0.6) is 0 Å². The molecule has 184 valence electrons. The van der Waals surface area contributed by atoms with Crippen LogP contribution in [0.25, 0.3) is 0 Å². The molecular weight excluding hydrogens is 445 g/mol. The second-order valence-electron chi connectivity index (χ2n) is 9.77. The van der Waals surface area contributed by atoms with Gasteiger partial charge in [0.25, 0.3) is 5.91 Å². The number of nitrogens with one attached hydrogen (secondary N) is 1. The monoisotopic (exact) mass is 476 g/mol. The molecular formula is C25H31F3N4O2. The van der Waals surface area contributed by atoms with Gasteiger partial charge in [0.05, 0.1) is 24.2 Å². The molecule has 2 unspecified atom stereocenters. The number of halogens is 3. The number of likely N-dealkylation sites (N-methyl/N-ethyl adjacent to an activating group) is 2. The lowest BCUT2D eigenvalue weighted by molar-refractivity contribution is -0.195. The Morgan fingerprint density at radius 2 is 2.00 bits per heavy atom. The third-order valence-electron chi connectivity index (χ3n) is 7.00. The van der Waals surface area contributed by atoms with Crippen LogP contribution in [0, 0.1) is 0 Å². The first kappa shape index (κ1) is 24.5. The van der Waals surface area contributed by atoms with Crippen molar-refractivity contribution >= 4 is 11.6 Å². The second kappa shape index (κ2) is 9.19. The molecule has 3 atom stereocenters. The maximum absolute atomic E-state index is 14.0. The second-order valence-corrected chi connectivity index (χ2v) is 9.77. The first-order valence-corrected chi connectivity index (χ1v) is 11.4. The number of ether oxygens (including phenoxy) is 1. The van der Waals surface area contributed by atoms with Gasteiger partial charge in [-0.2, -0.15) is 13.2 Å². The lowest BCUT2D eigenvalue weighted by Crippen LogP contribution is -2.51. The highest BCUT2D eigenvalue weighted by molar-refractivity contribution is 5.81. The van der Waals surface area contributed by atoms with Gasteiger partial charge in [-0.3, -0.25) is 9.78 Å². The van der Waals surface area contributed by atoms with E-state index in [1.54, 1.807) is 6.07 Å². The number of aromatic nitrogens is 1. The van der Waals surface area contributed by atoms with Gasteiger partial charge in [-0.25, -0.2) is 0 Å². The Morgan fingerprint density at radius 1 is 1.26 bits per heavy atom. The van der Waals surface area contributed by atoms with E-state index in [4.69, 9.17) is 4.74 Å². The summed E-state index contributed by atoms with van der Waals surface area (Å²) in [4.78, 5) is 19.5. The summed E-state index contributed by atoms with van der Waals surface area (Å²) >= 11 is 0. The maximum atomic E-state index is 14.0. The van der Waals surface area contributed by atoms with E-state index >= 15 is 0 Å². The number of anilines is 1. The first-order chi connectivity index (χ1) is 16.0. The summed E-state index contributed by atoms with van der Waals surface area (Å²) in [6.07, 6.45) is -3.37. The largest absolute Gasteiger partial charge is 0.414 e. The summed E-state index contributed by atoms with van der Waals surface area (Å²) in [5.41, 5.74) is 2.81. The van der Waals surface area contributed by atoms with Crippen molar-refractivity contribution in [1.82, 2.24) is 14.8 Å². The van der Waals surface area contributed by atoms with E-state index in [1.807, 2.05) is 24.1 Å². The summed E-state index contributed by atoms with van der Waals surface area (Å²) in [7, 11) is 2.96. The SMILES string of the molecule is CN1CCOC(C(=O)N(C)[C@@H](c2ccc(NC3Cc4ccccc4C3(C)C)cn2)C(F)(F)F)C1. The number of morpholine rings is 1. The van der Waals surface area contributed by atoms with Gasteiger partial charge in [-0.1, -0.05) is 38.1 Å². The van der Waals surface area contributed by atoms with Crippen molar-refractivity contribution < 1.29 is 22.7 Å². The zero-order valence-corrected chi connectivity index (χ0v) is 19.9. The Hall–Kier alpha value is -2.65. The van der Waals surface area contributed by atoms with E-state index in [-0.39, 0.29) is 23.7 Å². The van der Waals surface area contributed by atoms with Crippen molar-refractivity contribution in [2.75, 3.05) is 39.1 Å². The molecule has 6 nitrogen and oxygen atoms in total. The van der Waals surface area contributed by atoms with Crippen molar-refractivity contribution in [3.05, 3.63) is 59.4 Å². The average molecular weight is 477 g/mol. The molecule has 2 aromatic rings. The summed E-state index contributed by atoms with van der Waals surface area (Å²) in [6, 6.07) is 9.12. The van der Waals surface area contributed by atoms with Crippen molar-refractivity contribution in [3.63, 3.8) is 0 Å². The summed E-state index contributed by atoms with van der Waals surface area (Å²) in [5, 5.41) is 3.44. The van der Waals surface area contributed by atoms with Gasteiger partial charge < -0.3 is 19.9 Å². The number of carbonyl (C=O) groups excluding carboxylic acids is 1. The van der Waals surface area contributed by atoms with E-state index in [0.29, 0.717) is 23.7 Å². The van der Waals surface area contributed by atoms with Gasteiger partial charge in [-0.05, 0) is 36.7 Å². The number of pyridine rings is 1. The van der Waals surface area contributed by atoms with Gasteiger partial charge in [0.2, 0.25) is 0 Å². The molecule has 0 spiro atoms. The standard InChI is InChI=1S/C25H31F3N4O2/c1-24(2)18-8-6-5-7-16(18)13-21(24)30-17-9-10-19(29-14-17)22(25(26,27)28)32(4)23(33)20-15-31(3)11-12-34-20/h5-10,14,20-22,30H,11-13,15H2,1-4H3/t20?,21?,22-/m0/s1. The third kappa shape index (κ3) is 4.77. The van der Waals surface area contributed by atoms with Gasteiger partial charge in [0.15, 0.2) is 6.04 Å². The minimum Gasteiger partial charge on any atom is -0.380 e. The minimum atomic E-state index is -4.68. The van der Waals surface area contributed by atoms with Crippen molar-refractivity contribution in [1.29, 1.82) is 0 Å². The number of benzene rings is 1. The van der Waals surface area contributed by atoms with E-state index in [0.717, 1.165) is 13.5 Å². The zero-order valence-electron chi connectivity index (χ0n) is 19.9. The maximum Gasteiger partial charge on any atom is 0.414 e. The Labute approximate surface area is 198 Å². The fourth-order valence-electron chi connectivity index (χ4n) is 4.94. The van der Waals surface area contributed by atoms with Crippen molar-refractivity contribution in [3.8, 4) is 0 Å². The normalized spacial score (nSPS) is 23.3. The summed E-state index contributed by atoms with van der Waals surface area (Å²) in [6.45, 7) is 5.50. The quantitative estimate of drug-likeness (QED) is 0.712. The number of amides is 1. The number of hydrogen-bond donors (Lipinski definition) is 1. The molecule has 1 aliphatic heterocycles. The molecule has 1 aromatic heterocycles. The van der Waals surface area contributed by atoms with Crippen LogP contribution >= 0.6 is 0 Å². The van der Waals surface area contributed by atoms with E-state index in [9.17, 15) is 18.0 Å². The van der Waals surface area contributed by atoms with Crippen LogP contribution in [0.3, 0.4) is 0 Å². The van der Waals surface area contributed by atoms with Crippen LogP contribution < -0.4 is 5.32 Å². The smallest absolute Gasteiger partial charge is 0.380 e. The topological polar surface area (TPSA) is 57.7 Å². The molecule has 0 radical (unpaired) electrons. The van der Waals surface area contributed by atoms with Gasteiger partial charge in [0.1, 0.15) is 6.10 Å². The van der Waals surface area contributed by atoms with Crippen molar-refractivity contribution in [2.24, 2.45) is 0 Å². The first-order valence-electron chi connectivity index (χ1n) is 11.4. The third-order valence-corrected chi connectivity index (χ3v) is 7.00. The molecule has 4 rings (SSSR count). The van der Waals surface area contributed by atoms with Crippen LogP contribution in [0.4, 0.5) is 18.9 Å². The molecule has 1 fully saturated rings. The summed E-state index contributed by atoms with van der Waals surface area (Å²) < 4.78 is 47.6. The fraction of sp³-hybridized carbons (Fsp3) is 0.520. The van der Waals surface area contributed by atoms with Crippen LogP contribution in [-0.2, 0) is 21.4 Å². The van der Waals surface area contributed by atoms with Crippen LogP contribution in [0.15, 0.2) is 42.6 Å². The van der Waals surface area contributed by atoms with E-state index in [2.05, 4.69) is 36.3 Å². The number of fused-ring (bicyclic) bond motifs is 1. The number of alkyl halides is 3. The van der Waals surface area contributed by atoms with Crippen LogP contribution in [0.1, 0.15) is 36.7 Å². The lowest BCUT2D eigenvalue weighted by atomic mass is 9.83. The zero-order chi connectivity index (χ0) is 24.7. The Balaban J connectivity index is 1.51. The molecule has 1 aromatic carbocycles. The molecule has 1 saturated heterocycles. The fourth-order valence-corrected chi connectivity index (χ4v) is 4.94. The average Bonchev–Trinajstić information content (AvgIpc) is 3.03. The minimum absolute atomic E-state index is 0.0839. The Bertz CT molecular complexity index is 1030. The molecule has 0 saturated carbocycles.